The van der Waals surface area contributed by atoms with Crippen LogP contribution in [0.2, 0.25) is 5.02 Å². The second-order valence-electron chi connectivity index (χ2n) is 5.24. The molecule has 2 rings (SSSR count). The van der Waals surface area contributed by atoms with E-state index in [1.807, 2.05) is 0 Å². The van der Waals surface area contributed by atoms with Crippen LogP contribution in [-0.2, 0) is 0 Å². The van der Waals surface area contributed by atoms with Gasteiger partial charge in [-0.25, -0.2) is 4.39 Å². The summed E-state index contributed by atoms with van der Waals surface area (Å²) in [6.45, 7) is 5.33. The minimum absolute atomic E-state index is 0.102. The average molecular weight is 286 g/mol. The molecule has 3 nitrogen and oxygen atoms in total. The van der Waals surface area contributed by atoms with E-state index in [4.69, 9.17) is 17.3 Å². The maximum absolute atomic E-state index is 14.0. The van der Waals surface area contributed by atoms with Gasteiger partial charge in [-0.2, -0.15) is 0 Å². The lowest BCUT2D eigenvalue weighted by Gasteiger charge is -2.41. The first-order valence-corrected chi connectivity index (χ1v) is 7.00. The Bertz CT molecular complexity index is 441. The average Bonchev–Trinajstić information content (AvgIpc) is 2.38. The molecule has 1 heterocycles. The van der Waals surface area contributed by atoms with Gasteiger partial charge in [0.15, 0.2) is 0 Å². The lowest BCUT2D eigenvalue weighted by molar-refractivity contribution is 0.0729. The van der Waals surface area contributed by atoms with Crippen molar-refractivity contribution in [2.75, 3.05) is 33.2 Å². The zero-order chi connectivity index (χ0) is 14.0. The van der Waals surface area contributed by atoms with Crippen molar-refractivity contribution in [2.45, 2.75) is 19.0 Å². The van der Waals surface area contributed by atoms with Crippen molar-refractivity contribution in [2.24, 2.45) is 5.73 Å². The molecule has 0 saturated carbocycles. The number of piperazine rings is 1. The first-order chi connectivity index (χ1) is 9.02. The summed E-state index contributed by atoms with van der Waals surface area (Å²) >= 11 is 5.97. The lowest BCUT2D eigenvalue weighted by Crippen LogP contribution is -2.52. The third kappa shape index (κ3) is 3.26. The van der Waals surface area contributed by atoms with Crippen LogP contribution in [-0.4, -0.2) is 49.1 Å². The maximum atomic E-state index is 14.0. The number of hydrogen-bond donors (Lipinski definition) is 1. The van der Waals surface area contributed by atoms with E-state index in [0.717, 1.165) is 19.6 Å². The minimum atomic E-state index is -0.230. The molecule has 0 radical (unpaired) electrons. The van der Waals surface area contributed by atoms with Crippen molar-refractivity contribution in [1.82, 2.24) is 9.80 Å². The van der Waals surface area contributed by atoms with Crippen LogP contribution in [0.5, 0.6) is 0 Å². The molecule has 0 spiro atoms. The molecule has 19 heavy (non-hydrogen) atoms. The van der Waals surface area contributed by atoms with Gasteiger partial charge in [0.1, 0.15) is 5.82 Å². The summed E-state index contributed by atoms with van der Waals surface area (Å²) in [5.74, 6) is -0.230. The third-order valence-corrected chi connectivity index (χ3v) is 4.21. The van der Waals surface area contributed by atoms with E-state index in [-0.39, 0.29) is 11.9 Å². The van der Waals surface area contributed by atoms with Gasteiger partial charge in [-0.05, 0) is 32.2 Å². The van der Waals surface area contributed by atoms with Crippen molar-refractivity contribution in [3.8, 4) is 0 Å². The molecule has 0 bridgehead atoms. The van der Waals surface area contributed by atoms with E-state index in [1.165, 1.54) is 6.07 Å². The molecule has 1 fully saturated rings. The minimum Gasteiger partial charge on any atom is -0.329 e. The molecule has 1 aromatic carbocycles. The van der Waals surface area contributed by atoms with Gasteiger partial charge in [0.25, 0.3) is 0 Å². The number of benzene rings is 1. The lowest BCUT2D eigenvalue weighted by atomic mass is 10.0. The van der Waals surface area contributed by atoms with Crippen LogP contribution in [0, 0.1) is 5.82 Å². The molecule has 1 aliphatic rings. The number of rotatable bonds is 3. The fourth-order valence-corrected chi connectivity index (χ4v) is 2.78. The van der Waals surface area contributed by atoms with Gasteiger partial charge in [0.05, 0.1) is 6.04 Å². The van der Waals surface area contributed by atoms with Gasteiger partial charge in [-0.15, -0.1) is 0 Å². The second kappa shape index (κ2) is 6.18. The summed E-state index contributed by atoms with van der Waals surface area (Å²) in [4.78, 5) is 4.55. The normalized spacial score (nSPS) is 23.5. The molecule has 106 valence electrons. The molecular formula is C14H21ClFN3. The van der Waals surface area contributed by atoms with E-state index in [1.54, 1.807) is 12.1 Å². The molecule has 0 amide bonds. The fourth-order valence-electron chi connectivity index (χ4n) is 2.60. The van der Waals surface area contributed by atoms with Crippen LogP contribution >= 0.6 is 11.6 Å². The van der Waals surface area contributed by atoms with E-state index in [2.05, 4.69) is 23.8 Å². The fraction of sp³-hybridized carbons (Fsp3) is 0.571. The Morgan fingerprint density at radius 3 is 2.84 bits per heavy atom. The Morgan fingerprint density at radius 2 is 2.21 bits per heavy atom. The van der Waals surface area contributed by atoms with Gasteiger partial charge >= 0.3 is 0 Å². The number of likely N-dealkylation sites (N-methyl/N-ethyl adjacent to an activating group) is 1. The van der Waals surface area contributed by atoms with Gasteiger partial charge in [0.2, 0.25) is 0 Å². The third-order valence-electron chi connectivity index (χ3n) is 3.97. The highest BCUT2D eigenvalue weighted by molar-refractivity contribution is 6.30. The predicted octanol–water partition coefficient (Wildman–Crippen LogP) is 2.11. The predicted molar refractivity (Wildman–Crippen MR) is 76.9 cm³/mol. The quantitative estimate of drug-likeness (QED) is 0.923. The molecule has 1 aromatic rings. The Morgan fingerprint density at radius 1 is 1.47 bits per heavy atom. The molecular weight excluding hydrogens is 265 g/mol. The highest BCUT2D eigenvalue weighted by Crippen LogP contribution is 2.27. The molecule has 0 aliphatic carbocycles. The summed E-state index contributed by atoms with van der Waals surface area (Å²) in [7, 11) is 2.11. The number of nitrogens with two attached hydrogens (primary N) is 1. The van der Waals surface area contributed by atoms with Crippen LogP contribution in [0.1, 0.15) is 18.5 Å². The second-order valence-corrected chi connectivity index (χ2v) is 5.68. The molecule has 0 aromatic heterocycles. The Kier molecular flexibility index (Phi) is 4.79. The monoisotopic (exact) mass is 285 g/mol. The summed E-state index contributed by atoms with van der Waals surface area (Å²) in [5.41, 5.74) is 6.47. The number of hydrogen-bond acceptors (Lipinski definition) is 3. The summed E-state index contributed by atoms with van der Waals surface area (Å²) in [5, 5.41) is 0.553. The van der Waals surface area contributed by atoms with Crippen LogP contribution < -0.4 is 5.73 Å². The summed E-state index contributed by atoms with van der Waals surface area (Å²) in [6.07, 6.45) is 0. The highest BCUT2D eigenvalue weighted by Gasteiger charge is 2.28. The first-order valence-electron chi connectivity index (χ1n) is 6.62. The van der Waals surface area contributed by atoms with Crippen molar-refractivity contribution in [3.05, 3.63) is 34.6 Å². The zero-order valence-corrected chi connectivity index (χ0v) is 12.2. The molecule has 5 heteroatoms. The number of nitrogens with zero attached hydrogens (tertiary/aromatic N) is 2. The van der Waals surface area contributed by atoms with Gasteiger partial charge in [0, 0.05) is 42.8 Å². The smallest absolute Gasteiger partial charge is 0.128 e. The Hall–Kier alpha value is -0.680. The SMILES string of the molecule is CC1CN(C(CN)c2cc(Cl)ccc2F)CCN1C. The summed E-state index contributed by atoms with van der Waals surface area (Å²) in [6, 6.07) is 5.03. The van der Waals surface area contributed by atoms with E-state index < -0.39 is 0 Å². The molecule has 2 unspecified atom stereocenters. The van der Waals surface area contributed by atoms with Crippen LogP contribution in [0.3, 0.4) is 0 Å². The topological polar surface area (TPSA) is 32.5 Å². The van der Waals surface area contributed by atoms with Crippen molar-refractivity contribution in [3.63, 3.8) is 0 Å². The number of halogens is 2. The maximum Gasteiger partial charge on any atom is 0.128 e. The van der Waals surface area contributed by atoms with Gasteiger partial charge < -0.3 is 10.6 Å². The van der Waals surface area contributed by atoms with Crippen molar-refractivity contribution in [1.29, 1.82) is 0 Å². The van der Waals surface area contributed by atoms with E-state index >= 15 is 0 Å². The Labute approximate surface area is 119 Å². The van der Waals surface area contributed by atoms with Crippen molar-refractivity contribution < 1.29 is 4.39 Å². The molecule has 1 saturated heterocycles. The van der Waals surface area contributed by atoms with Crippen LogP contribution in [0.25, 0.3) is 0 Å². The zero-order valence-electron chi connectivity index (χ0n) is 11.4. The van der Waals surface area contributed by atoms with Gasteiger partial charge in [-0.1, -0.05) is 11.6 Å². The Balaban J connectivity index is 2.22. The summed E-state index contributed by atoms with van der Waals surface area (Å²) < 4.78 is 14.0. The molecule has 2 atom stereocenters. The largest absolute Gasteiger partial charge is 0.329 e. The first kappa shape index (κ1) is 14.7. The van der Waals surface area contributed by atoms with E-state index in [9.17, 15) is 4.39 Å². The highest BCUT2D eigenvalue weighted by atomic mass is 35.5. The van der Waals surface area contributed by atoms with E-state index in [0.29, 0.717) is 23.2 Å². The van der Waals surface area contributed by atoms with Crippen molar-refractivity contribution >= 4 is 11.6 Å². The molecule has 1 aliphatic heterocycles. The standard InChI is InChI=1S/C14H21ClFN3/c1-10-9-19(6-5-18(10)2)14(8-17)12-7-11(15)3-4-13(12)16/h3-4,7,10,14H,5-6,8-9,17H2,1-2H3. The van der Waals surface area contributed by atoms with Crippen LogP contribution in [0.15, 0.2) is 18.2 Å². The molecule has 2 N–H and O–H groups in total. The van der Waals surface area contributed by atoms with Crippen LogP contribution in [0.4, 0.5) is 4.39 Å². The van der Waals surface area contributed by atoms with Gasteiger partial charge in [-0.3, -0.25) is 4.90 Å².